The van der Waals surface area contributed by atoms with Crippen molar-refractivity contribution in [3.63, 3.8) is 0 Å². The first-order valence-corrected chi connectivity index (χ1v) is 9.61. The van der Waals surface area contributed by atoms with Crippen LogP contribution in [0.1, 0.15) is 45.4 Å². The number of cyclic esters (lactones) is 1. The molecule has 0 radical (unpaired) electrons. The van der Waals surface area contributed by atoms with E-state index >= 15 is 0 Å². The van der Waals surface area contributed by atoms with Crippen LogP contribution in [0.5, 0.6) is 0 Å². The number of ether oxygens (including phenoxy) is 1. The van der Waals surface area contributed by atoms with Crippen LogP contribution in [0.3, 0.4) is 0 Å². The van der Waals surface area contributed by atoms with Crippen LogP contribution in [0.2, 0.25) is 0 Å². The van der Waals surface area contributed by atoms with Crippen molar-refractivity contribution in [3.8, 4) is 0 Å². The predicted octanol–water partition coefficient (Wildman–Crippen LogP) is 1.50. The Morgan fingerprint density at radius 3 is 2.69 bits per heavy atom. The molecule has 26 heavy (non-hydrogen) atoms. The Morgan fingerprint density at radius 2 is 2.00 bits per heavy atom. The predicted molar refractivity (Wildman–Crippen MR) is 89.8 cm³/mol. The van der Waals surface area contributed by atoms with Crippen molar-refractivity contribution in [3.05, 3.63) is 12.2 Å². The Labute approximate surface area is 152 Å². The number of aliphatic carboxylic acids is 1. The van der Waals surface area contributed by atoms with Crippen LogP contribution >= 0.6 is 0 Å². The van der Waals surface area contributed by atoms with Crippen LogP contribution in [-0.4, -0.2) is 45.6 Å². The summed E-state index contributed by atoms with van der Waals surface area (Å²) in [6, 6.07) is 0. The van der Waals surface area contributed by atoms with Gasteiger partial charge in [-0.3, -0.25) is 9.59 Å². The molecule has 6 nitrogen and oxygen atoms in total. The van der Waals surface area contributed by atoms with Crippen LogP contribution in [0, 0.1) is 34.0 Å². The van der Waals surface area contributed by atoms with Crippen molar-refractivity contribution < 1.29 is 29.6 Å². The molecule has 4 aliphatic carbocycles. The molecule has 0 amide bonds. The van der Waals surface area contributed by atoms with E-state index < -0.39 is 51.7 Å². The third-order valence-electron chi connectivity index (χ3n) is 9.03. The highest BCUT2D eigenvalue weighted by atomic mass is 16.5. The minimum atomic E-state index is -1.20. The third kappa shape index (κ3) is 1.51. The maximum Gasteiger partial charge on any atom is 0.314 e. The summed E-state index contributed by atoms with van der Waals surface area (Å²) in [6.45, 7) is 6.00. The van der Waals surface area contributed by atoms with Gasteiger partial charge in [0.25, 0.3) is 0 Å². The molecule has 0 aromatic rings. The van der Waals surface area contributed by atoms with Crippen molar-refractivity contribution in [2.75, 3.05) is 6.61 Å². The second-order valence-electron chi connectivity index (χ2n) is 9.75. The standard InChI is InChI=1S/C20H26O6/c1-10-7-19-8-20(10,25)6-3-11(19)18-5-4-12(21)17(2,16(24)26-9-18)14(18)13(19)15(22)23/h11-14,21,25H,1,3-9H2,2H3,(H,22,23)/t11-,12-,13+,14+,17-,18+,19-,20-/m0/s1. The van der Waals surface area contributed by atoms with E-state index in [-0.39, 0.29) is 12.5 Å². The van der Waals surface area contributed by atoms with Crippen LogP contribution in [-0.2, 0) is 14.3 Å². The Balaban J connectivity index is 1.77. The number of carboxylic acid groups (broad SMARTS) is 1. The first kappa shape index (κ1) is 16.8. The van der Waals surface area contributed by atoms with Gasteiger partial charge in [0.2, 0.25) is 0 Å². The van der Waals surface area contributed by atoms with Crippen LogP contribution in [0.25, 0.3) is 0 Å². The van der Waals surface area contributed by atoms with Gasteiger partial charge in [-0.1, -0.05) is 6.58 Å². The second-order valence-corrected chi connectivity index (χ2v) is 9.75. The van der Waals surface area contributed by atoms with E-state index in [9.17, 15) is 24.9 Å². The molecule has 3 N–H and O–H groups in total. The molecule has 8 atom stereocenters. The number of carbonyl (C=O) groups is 2. The monoisotopic (exact) mass is 362 g/mol. The zero-order valence-corrected chi connectivity index (χ0v) is 15.0. The van der Waals surface area contributed by atoms with Gasteiger partial charge in [0.05, 0.1) is 29.6 Å². The molecule has 1 heterocycles. The molecule has 6 heteroatoms. The van der Waals surface area contributed by atoms with Gasteiger partial charge < -0.3 is 20.1 Å². The number of hydrogen-bond acceptors (Lipinski definition) is 5. The van der Waals surface area contributed by atoms with Gasteiger partial charge in [0.1, 0.15) is 0 Å². The molecule has 4 saturated carbocycles. The van der Waals surface area contributed by atoms with Gasteiger partial charge in [-0.05, 0) is 62.4 Å². The lowest BCUT2D eigenvalue weighted by molar-refractivity contribution is -0.220. The zero-order valence-electron chi connectivity index (χ0n) is 15.0. The first-order valence-electron chi connectivity index (χ1n) is 9.61. The minimum Gasteiger partial charge on any atom is -0.481 e. The van der Waals surface area contributed by atoms with E-state index in [0.29, 0.717) is 32.1 Å². The van der Waals surface area contributed by atoms with E-state index in [4.69, 9.17) is 4.74 Å². The molecule has 1 saturated heterocycles. The topological polar surface area (TPSA) is 104 Å². The summed E-state index contributed by atoms with van der Waals surface area (Å²) in [5.74, 6) is -2.56. The summed E-state index contributed by atoms with van der Waals surface area (Å²) in [7, 11) is 0. The Bertz CT molecular complexity index is 747. The lowest BCUT2D eigenvalue weighted by Gasteiger charge is -2.57. The van der Waals surface area contributed by atoms with Crippen molar-refractivity contribution >= 4 is 11.9 Å². The number of esters is 1. The molecule has 5 rings (SSSR count). The van der Waals surface area contributed by atoms with E-state index in [1.807, 2.05) is 0 Å². The second kappa shape index (κ2) is 4.53. The fraction of sp³-hybridized carbons (Fsp3) is 0.800. The fourth-order valence-electron chi connectivity index (χ4n) is 8.11. The average Bonchev–Trinajstić information content (AvgIpc) is 2.93. The molecule has 0 aromatic heterocycles. The first-order chi connectivity index (χ1) is 12.1. The van der Waals surface area contributed by atoms with Crippen molar-refractivity contribution in [2.45, 2.75) is 57.2 Å². The summed E-state index contributed by atoms with van der Waals surface area (Å²) in [5.41, 5.74) is -2.48. The molecule has 5 fully saturated rings. The maximum atomic E-state index is 12.7. The number of aliphatic hydroxyl groups excluding tert-OH is 1. The van der Waals surface area contributed by atoms with Gasteiger partial charge in [-0.2, -0.15) is 0 Å². The van der Waals surface area contributed by atoms with Crippen molar-refractivity contribution in [2.24, 2.45) is 34.0 Å². The number of fused-ring (bicyclic) bond motifs is 1. The molecule has 1 spiro atoms. The normalized spacial score (nSPS) is 57.3. The van der Waals surface area contributed by atoms with Gasteiger partial charge >= 0.3 is 11.9 Å². The number of carboxylic acids is 1. The van der Waals surface area contributed by atoms with Crippen molar-refractivity contribution in [1.29, 1.82) is 0 Å². The molecule has 1 aliphatic heterocycles. The molecule has 142 valence electrons. The Morgan fingerprint density at radius 1 is 1.27 bits per heavy atom. The average molecular weight is 362 g/mol. The molecular weight excluding hydrogens is 336 g/mol. The molecule has 4 bridgehead atoms. The van der Waals surface area contributed by atoms with Crippen LogP contribution < -0.4 is 0 Å². The molecular formula is C20H26O6. The number of carbonyl (C=O) groups excluding carboxylic acids is 1. The van der Waals surface area contributed by atoms with Gasteiger partial charge in [-0.25, -0.2) is 0 Å². The van der Waals surface area contributed by atoms with Gasteiger partial charge in [-0.15, -0.1) is 0 Å². The van der Waals surface area contributed by atoms with E-state index in [1.54, 1.807) is 6.92 Å². The zero-order chi connectivity index (χ0) is 18.7. The lowest BCUT2D eigenvalue weighted by atomic mass is 9.50. The minimum absolute atomic E-state index is 0.0700. The summed E-state index contributed by atoms with van der Waals surface area (Å²) in [6.07, 6.45) is 2.47. The van der Waals surface area contributed by atoms with E-state index in [1.165, 1.54) is 0 Å². The number of aliphatic hydroxyl groups is 2. The highest BCUT2D eigenvalue weighted by Crippen LogP contribution is 2.79. The molecule has 0 aromatic carbocycles. The number of rotatable bonds is 1. The summed E-state index contributed by atoms with van der Waals surface area (Å²) in [5, 5.41) is 32.0. The summed E-state index contributed by atoms with van der Waals surface area (Å²) in [4.78, 5) is 25.3. The fourth-order valence-corrected chi connectivity index (χ4v) is 8.11. The summed E-state index contributed by atoms with van der Waals surface area (Å²) >= 11 is 0. The quantitative estimate of drug-likeness (QED) is 0.482. The molecule has 0 unspecified atom stereocenters. The maximum absolute atomic E-state index is 12.7. The van der Waals surface area contributed by atoms with E-state index in [0.717, 1.165) is 12.0 Å². The Hall–Kier alpha value is -1.40. The van der Waals surface area contributed by atoms with E-state index in [2.05, 4.69) is 6.58 Å². The third-order valence-corrected chi connectivity index (χ3v) is 9.03. The molecule has 5 aliphatic rings. The highest BCUT2D eigenvalue weighted by Gasteiger charge is 2.81. The largest absolute Gasteiger partial charge is 0.481 e. The van der Waals surface area contributed by atoms with Crippen LogP contribution in [0.15, 0.2) is 12.2 Å². The van der Waals surface area contributed by atoms with Crippen molar-refractivity contribution in [1.82, 2.24) is 0 Å². The van der Waals surface area contributed by atoms with Gasteiger partial charge in [0.15, 0.2) is 0 Å². The lowest BCUT2D eigenvalue weighted by Crippen LogP contribution is -2.63. The van der Waals surface area contributed by atoms with Crippen LogP contribution in [0.4, 0.5) is 0 Å². The smallest absolute Gasteiger partial charge is 0.314 e. The van der Waals surface area contributed by atoms with Gasteiger partial charge in [0, 0.05) is 11.3 Å². The highest BCUT2D eigenvalue weighted by molar-refractivity contribution is 5.82. The summed E-state index contributed by atoms with van der Waals surface area (Å²) < 4.78 is 5.58. The SMILES string of the molecule is C=C1C[C@]23C[C@@]1(O)CC[C@H]2[C@@]12CC[C@H](O)[C@](C)(C(=O)OC1)[C@H]2[C@@H]3C(=O)O. The Kier molecular flexibility index (Phi) is 2.92. The number of hydrogen-bond donors (Lipinski definition) is 3.